The second-order valence-corrected chi connectivity index (χ2v) is 7.28. The Kier molecular flexibility index (Phi) is 5.27. The van der Waals surface area contributed by atoms with Crippen LogP contribution in [-0.2, 0) is 0 Å². The Hall–Kier alpha value is -2.08. The van der Waals surface area contributed by atoms with E-state index in [2.05, 4.69) is 26.1 Å². The first kappa shape index (κ1) is 17.7. The topological polar surface area (TPSA) is 52.6 Å². The molecular formula is C19H20BrFN2O2. The SMILES string of the molecule is Cc1cc(Br)c(O)c(C(=O)NCC2CCN(c3ccc(F)cc3)C2)c1. The molecule has 0 spiro atoms. The number of halogens is 2. The highest BCUT2D eigenvalue weighted by molar-refractivity contribution is 9.10. The molecule has 0 aliphatic carbocycles. The van der Waals surface area contributed by atoms with Crippen LogP contribution in [0.5, 0.6) is 5.75 Å². The first-order chi connectivity index (χ1) is 11.9. The van der Waals surface area contributed by atoms with Gasteiger partial charge in [0.2, 0.25) is 0 Å². The molecule has 1 saturated heterocycles. The third kappa shape index (κ3) is 4.12. The Morgan fingerprint density at radius 3 is 2.80 bits per heavy atom. The highest BCUT2D eigenvalue weighted by Gasteiger charge is 2.24. The van der Waals surface area contributed by atoms with Gasteiger partial charge in [0.1, 0.15) is 11.6 Å². The minimum Gasteiger partial charge on any atom is -0.506 e. The lowest BCUT2D eigenvalue weighted by Crippen LogP contribution is -2.31. The summed E-state index contributed by atoms with van der Waals surface area (Å²) in [6.45, 7) is 4.11. The average molecular weight is 407 g/mol. The first-order valence-electron chi connectivity index (χ1n) is 8.22. The molecule has 6 heteroatoms. The first-order valence-corrected chi connectivity index (χ1v) is 9.01. The normalized spacial score (nSPS) is 16.9. The predicted octanol–water partition coefficient (Wildman–Crippen LogP) is 3.86. The molecule has 1 aliphatic heterocycles. The van der Waals surface area contributed by atoms with Gasteiger partial charge in [-0.05, 0) is 77.2 Å². The van der Waals surface area contributed by atoms with Crippen molar-refractivity contribution in [3.05, 3.63) is 57.8 Å². The lowest BCUT2D eigenvalue weighted by atomic mass is 10.1. The molecule has 2 aromatic rings. The Balaban J connectivity index is 1.58. The number of benzene rings is 2. The van der Waals surface area contributed by atoms with Crippen molar-refractivity contribution in [2.45, 2.75) is 13.3 Å². The number of amides is 1. The number of aryl methyl sites for hydroxylation is 1. The highest BCUT2D eigenvalue weighted by atomic mass is 79.9. The molecule has 2 N–H and O–H groups in total. The fraction of sp³-hybridized carbons (Fsp3) is 0.316. The van der Waals surface area contributed by atoms with Gasteiger partial charge in [-0.1, -0.05) is 0 Å². The number of hydrogen-bond acceptors (Lipinski definition) is 3. The summed E-state index contributed by atoms with van der Waals surface area (Å²) in [5, 5.41) is 13.0. The molecule has 1 atom stereocenters. The Morgan fingerprint density at radius 2 is 2.08 bits per heavy atom. The van der Waals surface area contributed by atoms with Gasteiger partial charge in [0.15, 0.2) is 0 Å². The van der Waals surface area contributed by atoms with Crippen molar-refractivity contribution in [2.24, 2.45) is 5.92 Å². The van der Waals surface area contributed by atoms with E-state index < -0.39 is 0 Å². The maximum absolute atomic E-state index is 13.0. The molecule has 0 saturated carbocycles. The van der Waals surface area contributed by atoms with E-state index in [0.29, 0.717) is 16.9 Å². The number of phenolic OH excluding ortho intramolecular Hbond substituents is 1. The molecule has 4 nitrogen and oxygen atoms in total. The molecular weight excluding hydrogens is 387 g/mol. The van der Waals surface area contributed by atoms with E-state index in [0.717, 1.165) is 30.8 Å². The summed E-state index contributed by atoms with van der Waals surface area (Å²) in [5.41, 5.74) is 2.17. The van der Waals surface area contributed by atoms with Gasteiger partial charge in [0.25, 0.3) is 5.91 Å². The fourth-order valence-corrected chi connectivity index (χ4v) is 3.70. The van der Waals surface area contributed by atoms with Gasteiger partial charge in [0, 0.05) is 25.3 Å². The van der Waals surface area contributed by atoms with E-state index in [-0.39, 0.29) is 23.0 Å². The van der Waals surface area contributed by atoms with Crippen LogP contribution in [-0.4, -0.2) is 30.6 Å². The van der Waals surface area contributed by atoms with E-state index >= 15 is 0 Å². The average Bonchev–Trinajstić information content (AvgIpc) is 3.05. The molecule has 1 heterocycles. The van der Waals surface area contributed by atoms with Crippen LogP contribution in [0.3, 0.4) is 0 Å². The van der Waals surface area contributed by atoms with Crippen LogP contribution >= 0.6 is 15.9 Å². The van der Waals surface area contributed by atoms with Gasteiger partial charge in [-0.3, -0.25) is 4.79 Å². The summed E-state index contributed by atoms with van der Waals surface area (Å²) in [6.07, 6.45) is 0.959. The molecule has 1 aliphatic rings. The van der Waals surface area contributed by atoms with Crippen LogP contribution in [0.25, 0.3) is 0 Å². The number of carbonyl (C=O) groups excluding carboxylic acids is 1. The standard InChI is InChI=1S/C19H20BrFN2O2/c1-12-8-16(18(24)17(20)9-12)19(25)22-10-13-6-7-23(11-13)15-4-2-14(21)3-5-15/h2-5,8-9,13,24H,6-7,10-11H2,1H3,(H,22,25). The Bertz CT molecular complexity index is 780. The van der Waals surface area contributed by atoms with Crippen LogP contribution < -0.4 is 10.2 Å². The van der Waals surface area contributed by atoms with Crippen molar-refractivity contribution in [3.63, 3.8) is 0 Å². The molecule has 3 rings (SSSR count). The highest BCUT2D eigenvalue weighted by Crippen LogP contribution is 2.29. The quantitative estimate of drug-likeness (QED) is 0.810. The third-order valence-electron chi connectivity index (χ3n) is 4.48. The summed E-state index contributed by atoms with van der Waals surface area (Å²) in [4.78, 5) is 14.6. The molecule has 0 radical (unpaired) electrons. The van der Waals surface area contributed by atoms with Crippen LogP contribution in [0.2, 0.25) is 0 Å². The number of aromatic hydroxyl groups is 1. The molecule has 0 bridgehead atoms. The smallest absolute Gasteiger partial charge is 0.255 e. The summed E-state index contributed by atoms with van der Waals surface area (Å²) in [7, 11) is 0. The minimum absolute atomic E-state index is 0.0394. The van der Waals surface area contributed by atoms with Crippen molar-refractivity contribution in [2.75, 3.05) is 24.5 Å². The number of hydrogen-bond donors (Lipinski definition) is 2. The predicted molar refractivity (Wildman–Crippen MR) is 99.6 cm³/mol. The van der Waals surface area contributed by atoms with Crippen molar-refractivity contribution < 1.29 is 14.3 Å². The maximum atomic E-state index is 13.0. The second-order valence-electron chi connectivity index (χ2n) is 6.43. The lowest BCUT2D eigenvalue weighted by Gasteiger charge is -2.19. The van der Waals surface area contributed by atoms with Gasteiger partial charge < -0.3 is 15.3 Å². The molecule has 2 aromatic carbocycles. The number of rotatable bonds is 4. The van der Waals surface area contributed by atoms with Crippen molar-refractivity contribution >= 4 is 27.5 Å². The molecule has 132 valence electrons. The molecule has 1 fully saturated rings. The third-order valence-corrected chi connectivity index (χ3v) is 5.09. The van der Waals surface area contributed by atoms with Crippen LogP contribution in [0.4, 0.5) is 10.1 Å². The van der Waals surface area contributed by atoms with Crippen molar-refractivity contribution in [1.82, 2.24) is 5.32 Å². The zero-order valence-corrected chi connectivity index (χ0v) is 15.5. The molecule has 25 heavy (non-hydrogen) atoms. The van der Waals surface area contributed by atoms with Gasteiger partial charge in [-0.2, -0.15) is 0 Å². The van der Waals surface area contributed by atoms with Crippen LogP contribution in [0, 0.1) is 18.7 Å². The van der Waals surface area contributed by atoms with E-state index in [1.54, 1.807) is 24.3 Å². The number of carbonyl (C=O) groups is 1. The summed E-state index contributed by atoms with van der Waals surface area (Å²) in [6, 6.07) is 9.92. The fourth-order valence-electron chi connectivity index (χ4n) is 3.13. The van der Waals surface area contributed by atoms with Gasteiger partial charge in [-0.15, -0.1) is 0 Å². The largest absolute Gasteiger partial charge is 0.506 e. The van der Waals surface area contributed by atoms with Gasteiger partial charge >= 0.3 is 0 Å². The Labute approximate surface area is 154 Å². The second kappa shape index (κ2) is 7.44. The number of phenols is 1. The summed E-state index contributed by atoms with van der Waals surface area (Å²) in [5.74, 6) is -0.232. The maximum Gasteiger partial charge on any atom is 0.255 e. The lowest BCUT2D eigenvalue weighted by molar-refractivity contribution is 0.0945. The monoisotopic (exact) mass is 406 g/mol. The molecule has 1 amide bonds. The van der Waals surface area contributed by atoms with Crippen molar-refractivity contribution in [3.8, 4) is 5.75 Å². The van der Waals surface area contributed by atoms with Gasteiger partial charge in [-0.25, -0.2) is 4.39 Å². The Morgan fingerprint density at radius 1 is 1.36 bits per heavy atom. The van der Waals surface area contributed by atoms with E-state index in [9.17, 15) is 14.3 Å². The van der Waals surface area contributed by atoms with Crippen LogP contribution in [0.1, 0.15) is 22.3 Å². The van der Waals surface area contributed by atoms with Crippen molar-refractivity contribution in [1.29, 1.82) is 0 Å². The zero-order chi connectivity index (χ0) is 18.0. The molecule has 1 unspecified atom stereocenters. The number of nitrogens with one attached hydrogen (secondary N) is 1. The minimum atomic E-state index is -0.276. The van der Waals surface area contributed by atoms with E-state index in [1.807, 2.05) is 6.92 Å². The molecule has 0 aromatic heterocycles. The summed E-state index contributed by atoms with van der Waals surface area (Å²) < 4.78 is 13.5. The van der Waals surface area contributed by atoms with E-state index in [4.69, 9.17) is 0 Å². The zero-order valence-electron chi connectivity index (χ0n) is 13.9. The number of nitrogens with zero attached hydrogens (tertiary/aromatic N) is 1. The number of anilines is 1. The summed E-state index contributed by atoms with van der Waals surface area (Å²) >= 11 is 3.26. The van der Waals surface area contributed by atoms with Gasteiger partial charge in [0.05, 0.1) is 10.0 Å². The van der Waals surface area contributed by atoms with E-state index in [1.165, 1.54) is 12.1 Å². The van der Waals surface area contributed by atoms with Crippen LogP contribution in [0.15, 0.2) is 40.9 Å².